The number of anilines is 1. The Morgan fingerprint density at radius 3 is 2.77 bits per heavy atom. The number of fused-ring (bicyclic) bond motifs is 1. The molecular formula is C20H20FN3O5S. The van der Waals surface area contributed by atoms with Gasteiger partial charge < -0.3 is 9.84 Å². The number of rotatable bonds is 9. The van der Waals surface area contributed by atoms with Crippen LogP contribution in [-0.4, -0.2) is 48.2 Å². The van der Waals surface area contributed by atoms with E-state index in [4.69, 9.17) is 9.84 Å². The Morgan fingerprint density at radius 2 is 2.03 bits per heavy atom. The first-order chi connectivity index (χ1) is 14.3. The van der Waals surface area contributed by atoms with E-state index < -0.39 is 21.6 Å². The van der Waals surface area contributed by atoms with E-state index >= 15 is 0 Å². The summed E-state index contributed by atoms with van der Waals surface area (Å²) in [5.41, 5.74) is 0.464. The Labute approximate surface area is 172 Å². The monoisotopic (exact) mass is 433 g/mol. The van der Waals surface area contributed by atoms with Gasteiger partial charge in [-0.1, -0.05) is 13.0 Å². The molecule has 158 valence electrons. The van der Waals surface area contributed by atoms with Crippen molar-refractivity contribution in [2.45, 2.75) is 13.3 Å². The number of benzene rings is 2. The number of ether oxygens (including phenoxy) is 1. The summed E-state index contributed by atoms with van der Waals surface area (Å²) in [6, 6.07) is 8.45. The van der Waals surface area contributed by atoms with Crippen molar-refractivity contribution in [1.29, 1.82) is 0 Å². The highest BCUT2D eigenvalue weighted by Crippen LogP contribution is 2.24. The van der Waals surface area contributed by atoms with Gasteiger partial charge in [-0.3, -0.25) is 9.52 Å². The molecule has 2 N–H and O–H groups in total. The van der Waals surface area contributed by atoms with Gasteiger partial charge in [-0.25, -0.2) is 22.8 Å². The summed E-state index contributed by atoms with van der Waals surface area (Å²) in [5.74, 6) is -1.56. The number of hydrogen-bond acceptors (Lipinski definition) is 7. The summed E-state index contributed by atoms with van der Waals surface area (Å²) in [6.45, 7) is 1.55. The Bertz CT molecular complexity index is 1180. The fourth-order valence-electron chi connectivity index (χ4n) is 2.78. The van der Waals surface area contributed by atoms with Crippen molar-refractivity contribution in [1.82, 2.24) is 9.97 Å². The molecule has 0 fully saturated rings. The van der Waals surface area contributed by atoms with Crippen molar-refractivity contribution in [3.63, 3.8) is 0 Å². The smallest absolute Gasteiger partial charge is 0.232 e. The number of hydrogen-bond donors (Lipinski definition) is 2. The molecule has 0 saturated heterocycles. The summed E-state index contributed by atoms with van der Waals surface area (Å²) in [4.78, 5) is 21.3. The first-order valence-electron chi connectivity index (χ1n) is 9.19. The first kappa shape index (κ1) is 21.6. The zero-order chi connectivity index (χ0) is 21.7. The second-order valence-electron chi connectivity index (χ2n) is 6.40. The van der Waals surface area contributed by atoms with Crippen LogP contribution in [0.25, 0.3) is 11.0 Å². The third-order valence-corrected chi connectivity index (χ3v) is 5.58. The maximum absolute atomic E-state index is 14.9. The van der Waals surface area contributed by atoms with Crippen LogP contribution in [0, 0.1) is 5.82 Å². The topological polar surface area (TPSA) is 118 Å². The zero-order valence-corrected chi connectivity index (χ0v) is 16.9. The van der Waals surface area contributed by atoms with E-state index in [-0.39, 0.29) is 41.7 Å². The second-order valence-corrected chi connectivity index (χ2v) is 8.24. The number of carbonyl (C=O) groups excluding carboxylic acids is 1. The number of ketones is 1. The standard InChI is InChI=1S/C20H20FN3O5S/c1-2-10-30(27,28)24-16-5-3-4-14(19(16)21)20(26)13-6-7-15-17(11-13)23-18(12-22-15)29-9-8-25/h3-7,11-12,24-25H,2,8-10H2,1H3. The lowest BCUT2D eigenvalue weighted by atomic mass is 10.0. The van der Waals surface area contributed by atoms with Gasteiger partial charge in [0.25, 0.3) is 0 Å². The molecule has 0 spiro atoms. The molecule has 10 heteroatoms. The number of halogens is 1. The molecule has 1 aromatic heterocycles. The highest BCUT2D eigenvalue weighted by Gasteiger charge is 2.20. The van der Waals surface area contributed by atoms with Crippen molar-refractivity contribution in [2.75, 3.05) is 23.7 Å². The van der Waals surface area contributed by atoms with Crippen LogP contribution in [0.4, 0.5) is 10.1 Å². The number of carbonyl (C=O) groups is 1. The molecule has 0 bridgehead atoms. The third kappa shape index (κ3) is 4.89. The van der Waals surface area contributed by atoms with Crippen molar-refractivity contribution in [3.8, 4) is 5.88 Å². The SMILES string of the molecule is CCCS(=O)(=O)Nc1cccc(C(=O)c2ccc3ncc(OCCO)nc3c2)c1F. The molecule has 3 rings (SSSR count). The maximum Gasteiger partial charge on any atom is 0.232 e. The normalized spacial score (nSPS) is 11.4. The third-order valence-electron chi connectivity index (χ3n) is 4.11. The average molecular weight is 433 g/mol. The molecule has 3 aromatic rings. The Balaban J connectivity index is 1.94. The minimum Gasteiger partial charge on any atom is -0.474 e. The minimum absolute atomic E-state index is 0.0464. The van der Waals surface area contributed by atoms with Crippen molar-refractivity contribution < 1.29 is 27.4 Å². The summed E-state index contributed by atoms with van der Waals surface area (Å²) in [5, 5.41) is 8.84. The predicted molar refractivity (Wildman–Crippen MR) is 110 cm³/mol. The number of aromatic nitrogens is 2. The lowest BCUT2D eigenvalue weighted by Gasteiger charge is -2.11. The number of nitrogens with zero attached hydrogens (tertiary/aromatic N) is 2. The molecule has 30 heavy (non-hydrogen) atoms. The van der Waals surface area contributed by atoms with E-state index in [1.807, 2.05) is 0 Å². The van der Waals surface area contributed by atoms with Gasteiger partial charge in [0.05, 0.1) is 40.8 Å². The number of aliphatic hydroxyl groups excluding tert-OH is 1. The fourth-order valence-corrected chi connectivity index (χ4v) is 3.92. The largest absolute Gasteiger partial charge is 0.474 e. The lowest BCUT2D eigenvalue weighted by Crippen LogP contribution is -2.18. The molecule has 0 atom stereocenters. The van der Waals surface area contributed by atoms with Gasteiger partial charge in [-0.05, 0) is 36.8 Å². The highest BCUT2D eigenvalue weighted by atomic mass is 32.2. The molecule has 0 radical (unpaired) electrons. The second kappa shape index (κ2) is 9.14. The van der Waals surface area contributed by atoms with E-state index in [0.29, 0.717) is 17.5 Å². The van der Waals surface area contributed by atoms with Crippen LogP contribution in [0.2, 0.25) is 0 Å². The van der Waals surface area contributed by atoms with Crippen LogP contribution in [0.15, 0.2) is 42.6 Å². The molecular weight excluding hydrogens is 413 g/mol. The van der Waals surface area contributed by atoms with E-state index in [2.05, 4.69) is 14.7 Å². The molecule has 0 aliphatic carbocycles. The average Bonchev–Trinajstić information content (AvgIpc) is 2.72. The maximum atomic E-state index is 14.9. The van der Waals surface area contributed by atoms with Crippen LogP contribution in [0.3, 0.4) is 0 Å². The number of nitrogens with one attached hydrogen (secondary N) is 1. The minimum atomic E-state index is -3.71. The van der Waals surface area contributed by atoms with Crippen molar-refractivity contribution in [3.05, 3.63) is 59.5 Å². The molecule has 0 saturated carbocycles. The van der Waals surface area contributed by atoms with Crippen LogP contribution in [0.1, 0.15) is 29.3 Å². The van der Waals surface area contributed by atoms with Crippen LogP contribution < -0.4 is 9.46 Å². The molecule has 8 nitrogen and oxygen atoms in total. The van der Waals surface area contributed by atoms with Crippen LogP contribution in [0.5, 0.6) is 5.88 Å². The molecule has 2 aromatic carbocycles. The lowest BCUT2D eigenvalue weighted by molar-refractivity contribution is 0.103. The van der Waals surface area contributed by atoms with Crippen LogP contribution >= 0.6 is 0 Å². The van der Waals surface area contributed by atoms with Gasteiger partial charge in [0.15, 0.2) is 11.6 Å². The van der Waals surface area contributed by atoms with Crippen molar-refractivity contribution in [2.24, 2.45) is 0 Å². The van der Waals surface area contributed by atoms with Crippen molar-refractivity contribution >= 4 is 32.5 Å². The Morgan fingerprint density at radius 1 is 1.23 bits per heavy atom. The molecule has 1 heterocycles. The van der Waals surface area contributed by atoms with Gasteiger partial charge in [-0.2, -0.15) is 0 Å². The van der Waals surface area contributed by atoms with Gasteiger partial charge in [0, 0.05) is 5.56 Å². The van der Waals surface area contributed by atoms with E-state index in [9.17, 15) is 17.6 Å². The summed E-state index contributed by atoms with van der Waals surface area (Å²) in [7, 11) is -3.71. The fraction of sp³-hybridized carbons (Fsp3) is 0.250. The number of sulfonamides is 1. The summed E-state index contributed by atoms with van der Waals surface area (Å²) in [6.07, 6.45) is 1.77. The van der Waals surface area contributed by atoms with Gasteiger partial charge in [0.1, 0.15) is 6.61 Å². The molecule has 0 amide bonds. The Kier molecular flexibility index (Phi) is 6.58. The summed E-state index contributed by atoms with van der Waals surface area (Å²) >= 11 is 0. The van der Waals surface area contributed by atoms with E-state index in [1.54, 1.807) is 13.0 Å². The Hall–Kier alpha value is -3.11. The molecule has 0 aliphatic heterocycles. The predicted octanol–water partition coefficient (Wildman–Crippen LogP) is 2.52. The quantitative estimate of drug-likeness (QED) is 0.498. The molecule has 0 unspecified atom stereocenters. The molecule has 0 aliphatic rings. The number of aliphatic hydroxyl groups is 1. The van der Waals surface area contributed by atoms with Gasteiger partial charge >= 0.3 is 0 Å². The zero-order valence-electron chi connectivity index (χ0n) is 16.1. The van der Waals surface area contributed by atoms with E-state index in [0.717, 1.165) is 0 Å². The van der Waals surface area contributed by atoms with Gasteiger partial charge in [0.2, 0.25) is 15.9 Å². The summed E-state index contributed by atoms with van der Waals surface area (Å²) < 4.78 is 46.2. The van der Waals surface area contributed by atoms with Crippen LogP contribution in [-0.2, 0) is 10.0 Å². The van der Waals surface area contributed by atoms with Gasteiger partial charge in [-0.15, -0.1) is 0 Å². The highest BCUT2D eigenvalue weighted by molar-refractivity contribution is 7.92. The first-order valence-corrected chi connectivity index (χ1v) is 10.8. The van der Waals surface area contributed by atoms with E-state index in [1.165, 1.54) is 36.5 Å².